The first-order chi connectivity index (χ1) is 8.78. The maximum Gasteiger partial charge on any atom is 0.139 e. The number of aromatic nitrogens is 2. The largest absolute Gasteiger partial charge is 0.354 e. The number of nitrogens with one attached hydrogen (secondary N) is 1. The summed E-state index contributed by atoms with van der Waals surface area (Å²) in [5.41, 5.74) is 0.903. The molecule has 0 amide bonds. The van der Waals surface area contributed by atoms with Gasteiger partial charge >= 0.3 is 0 Å². The Bertz CT molecular complexity index is 572. The molecule has 1 saturated heterocycles. The summed E-state index contributed by atoms with van der Waals surface area (Å²) in [5.74, 6) is 1.01. The van der Waals surface area contributed by atoms with Gasteiger partial charge < -0.3 is 10.2 Å². The van der Waals surface area contributed by atoms with Crippen LogP contribution in [0.2, 0.25) is 5.02 Å². The zero-order chi connectivity index (χ0) is 12.5. The standard InChI is InChI=1S/C13H15ClN4/c1-15-10-4-5-18(7-10)13-11-3-2-9(14)6-12(11)16-8-17-13/h2-3,6,8,10,15H,4-5,7H2,1H3. The fourth-order valence-corrected chi connectivity index (χ4v) is 2.62. The maximum absolute atomic E-state index is 5.99. The molecule has 1 aromatic heterocycles. The van der Waals surface area contributed by atoms with E-state index in [4.69, 9.17) is 11.6 Å². The van der Waals surface area contributed by atoms with E-state index in [-0.39, 0.29) is 0 Å². The number of hydrogen-bond acceptors (Lipinski definition) is 4. The average Bonchev–Trinajstić information content (AvgIpc) is 2.86. The molecule has 5 heteroatoms. The van der Waals surface area contributed by atoms with E-state index >= 15 is 0 Å². The Morgan fingerprint density at radius 2 is 2.28 bits per heavy atom. The number of hydrogen-bond donors (Lipinski definition) is 1. The molecule has 3 rings (SSSR count). The molecule has 1 atom stereocenters. The number of rotatable bonds is 2. The first kappa shape index (κ1) is 11.7. The number of fused-ring (bicyclic) bond motifs is 1. The summed E-state index contributed by atoms with van der Waals surface area (Å²) in [4.78, 5) is 11.0. The van der Waals surface area contributed by atoms with Gasteiger partial charge in [0.2, 0.25) is 0 Å². The van der Waals surface area contributed by atoms with Crippen molar-refractivity contribution in [3.63, 3.8) is 0 Å². The van der Waals surface area contributed by atoms with E-state index in [1.807, 2.05) is 25.2 Å². The molecular formula is C13H15ClN4. The number of anilines is 1. The topological polar surface area (TPSA) is 41.0 Å². The SMILES string of the molecule is CNC1CCN(c2ncnc3cc(Cl)ccc23)C1. The van der Waals surface area contributed by atoms with Crippen LogP contribution >= 0.6 is 11.6 Å². The van der Waals surface area contributed by atoms with Crippen molar-refractivity contribution in [1.82, 2.24) is 15.3 Å². The van der Waals surface area contributed by atoms with Crippen molar-refractivity contribution in [3.05, 3.63) is 29.5 Å². The van der Waals surface area contributed by atoms with Crippen LogP contribution < -0.4 is 10.2 Å². The predicted molar refractivity (Wildman–Crippen MR) is 74.2 cm³/mol. The van der Waals surface area contributed by atoms with E-state index in [9.17, 15) is 0 Å². The van der Waals surface area contributed by atoms with Gasteiger partial charge in [0.05, 0.1) is 5.52 Å². The Labute approximate surface area is 111 Å². The Morgan fingerprint density at radius 1 is 1.39 bits per heavy atom. The van der Waals surface area contributed by atoms with Crippen LogP contribution in [0.4, 0.5) is 5.82 Å². The molecule has 0 saturated carbocycles. The minimum atomic E-state index is 0.544. The lowest BCUT2D eigenvalue weighted by Crippen LogP contribution is -2.29. The van der Waals surface area contributed by atoms with Crippen molar-refractivity contribution in [2.45, 2.75) is 12.5 Å². The van der Waals surface area contributed by atoms with Gasteiger partial charge in [0.1, 0.15) is 12.1 Å². The number of likely N-dealkylation sites (N-methyl/N-ethyl adjacent to an activating group) is 1. The molecule has 0 radical (unpaired) electrons. The van der Waals surface area contributed by atoms with Gasteiger partial charge in [-0.25, -0.2) is 9.97 Å². The van der Waals surface area contributed by atoms with E-state index in [1.54, 1.807) is 6.33 Å². The van der Waals surface area contributed by atoms with Crippen molar-refractivity contribution in [2.24, 2.45) is 0 Å². The fourth-order valence-electron chi connectivity index (χ4n) is 2.46. The molecule has 2 heterocycles. The molecule has 1 aromatic carbocycles. The number of benzene rings is 1. The molecule has 1 aliphatic rings. The fraction of sp³-hybridized carbons (Fsp3) is 0.385. The van der Waals surface area contributed by atoms with E-state index in [1.165, 1.54) is 0 Å². The van der Waals surface area contributed by atoms with Crippen molar-refractivity contribution >= 4 is 28.3 Å². The van der Waals surface area contributed by atoms with E-state index in [2.05, 4.69) is 20.2 Å². The van der Waals surface area contributed by atoms with Crippen molar-refractivity contribution in [3.8, 4) is 0 Å². The molecule has 94 valence electrons. The summed E-state index contributed by atoms with van der Waals surface area (Å²) in [5, 5.41) is 5.09. The van der Waals surface area contributed by atoms with Crippen molar-refractivity contribution in [2.75, 3.05) is 25.0 Å². The third-order valence-corrected chi connectivity index (χ3v) is 3.71. The van der Waals surface area contributed by atoms with Crippen LogP contribution in [0, 0.1) is 0 Å². The molecule has 1 unspecified atom stereocenters. The predicted octanol–water partition coefficient (Wildman–Crippen LogP) is 2.08. The Morgan fingerprint density at radius 3 is 3.06 bits per heavy atom. The summed E-state index contributed by atoms with van der Waals surface area (Å²) in [7, 11) is 2.01. The summed E-state index contributed by atoms with van der Waals surface area (Å²) in [6.45, 7) is 2.02. The van der Waals surface area contributed by atoms with E-state index in [0.29, 0.717) is 11.1 Å². The molecule has 0 bridgehead atoms. The summed E-state index contributed by atoms with van der Waals surface area (Å²) < 4.78 is 0. The number of nitrogens with zero attached hydrogens (tertiary/aromatic N) is 3. The van der Waals surface area contributed by atoms with Crippen LogP contribution in [0.3, 0.4) is 0 Å². The van der Waals surface area contributed by atoms with Gasteiger partial charge in [-0.2, -0.15) is 0 Å². The van der Waals surface area contributed by atoms with Crippen LogP contribution in [0.5, 0.6) is 0 Å². The molecule has 2 aromatic rings. The second kappa shape index (κ2) is 4.71. The van der Waals surface area contributed by atoms with E-state index in [0.717, 1.165) is 36.2 Å². The van der Waals surface area contributed by atoms with Crippen LogP contribution in [-0.4, -0.2) is 36.1 Å². The molecule has 0 spiro atoms. The summed E-state index contributed by atoms with van der Waals surface area (Å²) in [6, 6.07) is 6.32. The van der Waals surface area contributed by atoms with Crippen LogP contribution in [-0.2, 0) is 0 Å². The van der Waals surface area contributed by atoms with E-state index < -0.39 is 0 Å². The quantitative estimate of drug-likeness (QED) is 0.900. The van der Waals surface area contributed by atoms with Gasteiger partial charge in [-0.1, -0.05) is 11.6 Å². The van der Waals surface area contributed by atoms with Gasteiger partial charge in [0.25, 0.3) is 0 Å². The molecule has 4 nitrogen and oxygen atoms in total. The van der Waals surface area contributed by atoms with Crippen LogP contribution in [0.15, 0.2) is 24.5 Å². The monoisotopic (exact) mass is 262 g/mol. The van der Waals surface area contributed by atoms with Gasteiger partial charge in [0.15, 0.2) is 0 Å². The van der Waals surface area contributed by atoms with Gasteiger partial charge in [-0.05, 0) is 31.7 Å². The van der Waals surface area contributed by atoms with Crippen molar-refractivity contribution < 1.29 is 0 Å². The lowest BCUT2D eigenvalue weighted by atomic mass is 10.2. The van der Waals surface area contributed by atoms with Crippen molar-refractivity contribution in [1.29, 1.82) is 0 Å². The number of halogens is 1. The van der Waals surface area contributed by atoms with Crippen LogP contribution in [0.1, 0.15) is 6.42 Å². The van der Waals surface area contributed by atoms with Crippen LogP contribution in [0.25, 0.3) is 10.9 Å². The average molecular weight is 263 g/mol. The van der Waals surface area contributed by atoms with Gasteiger partial charge in [-0.15, -0.1) is 0 Å². The first-order valence-corrected chi connectivity index (χ1v) is 6.48. The molecule has 1 fully saturated rings. The highest BCUT2D eigenvalue weighted by atomic mass is 35.5. The lowest BCUT2D eigenvalue weighted by Gasteiger charge is -2.18. The zero-order valence-electron chi connectivity index (χ0n) is 10.2. The highest BCUT2D eigenvalue weighted by molar-refractivity contribution is 6.31. The minimum Gasteiger partial charge on any atom is -0.354 e. The minimum absolute atomic E-state index is 0.544. The Hall–Kier alpha value is -1.39. The smallest absolute Gasteiger partial charge is 0.139 e. The summed E-state index contributed by atoms with van der Waals surface area (Å²) in [6.07, 6.45) is 2.76. The summed E-state index contributed by atoms with van der Waals surface area (Å²) >= 11 is 5.99. The second-order valence-corrected chi connectivity index (χ2v) is 5.02. The second-order valence-electron chi connectivity index (χ2n) is 4.58. The zero-order valence-corrected chi connectivity index (χ0v) is 11.0. The molecule has 18 heavy (non-hydrogen) atoms. The first-order valence-electron chi connectivity index (χ1n) is 6.10. The maximum atomic E-state index is 5.99. The molecular weight excluding hydrogens is 248 g/mol. The third kappa shape index (κ3) is 2.02. The Kier molecular flexibility index (Phi) is 3.06. The van der Waals surface area contributed by atoms with Gasteiger partial charge in [-0.3, -0.25) is 0 Å². The molecule has 1 aliphatic heterocycles. The lowest BCUT2D eigenvalue weighted by molar-refractivity contribution is 0.616. The van der Waals surface area contributed by atoms with Gasteiger partial charge in [0, 0.05) is 29.5 Å². The molecule has 0 aliphatic carbocycles. The molecule has 1 N–H and O–H groups in total. The Balaban J connectivity index is 2.02. The highest BCUT2D eigenvalue weighted by Gasteiger charge is 2.23. The third-order valence-electron chi connectivity index (χ3n) is 3.47. The highest BCUT2D eigenvalue weighted by Crippen LogP contribution is 2.27. The normalized spacial score (nSPS) is 19.7.